The van der Waals surface area contributed by atoms with Crippen molar-refractivity contribution >= 4 is 24.5 Å². The molecule has 0 amide bonds. The van der Waals surface area contributed by atoms with E-state index in [0.717, 1.165) is 30.0 Å². The van der Waals surface area contributed by atoms with E-state index in [-0.39, 0.29) is 12.0 Å². The second kappa shape index (κ2) is 7.19. The monoisotopic (exact) mass is 302 g/mol. The Morgan fingerprint density at radius 3 is 2.95 bits per heavy atom. The van der Waals surface area contributed by atoms with Gasteiger partial charge in [0, 0.05) is 23.6 Å². The third kappa shape index (κ3) is 4.39. The van der Waals surface area contributed by atoms with Gasteiger partial charge in [-0.05, 0) is 48.2 Å². The zero-order chi connectivity index (χ0) is 15.3. The summed E-state index contributed by atoms with van der Waals surface area (Å²) in [7, 11) is 0. The number of nitrogens with two attached hydrogens (primary N) is 1. The first kappa shape index (κ1) is 16.2. The number of nitriles is 1. The van der Waals surface area contributed by atoms with Crippen LogP contribution in [0.25, 0.3) is 0 Å². The first-order valence-corrected chi connectivity index (χ1v) is 8.39. The summed E-state index contributed by atoms with van der Waals surface area (Å²) in [6.45, 7) is 5.59. The van der Waals surface area contributed by atoms with Crippen LogP contribution in [-0.2, 0) is 0 Å². The van der Waals surface area contributed by atoms with Crippen LogP contribution in [0.15, 0.2) is 23.2 Å². The van der Waals surface area contributed by atoms with Gasteiger partial charge < -0.3 is 5.32 Å². The molecule has 1 aliphatic rings. The first-order valence-electron chi connectivity index (χ1n) is 7.51. The molecule has 0 spiro atoms. The molecule has 1 aromatic rings. The summed E-state index contributed by atoms with van der Waals surface area (Å²) in [5.74, 6) is 4.06. The van der Waals surface area contributed by atoms with E-state index in [4.69, 9.17) is 5.14 Å². The molecule has 1 atom stereocenters. The third-order valence-electron chi connectivity index (χ3n) is 4.45. The van der Waals surface area contributed by atoms with Crippen molar-refractivity contribution in [3.05, 3.63) is 18.3 Å². The fourth-order valence-corrected chi connectivity index (χ4v) is 3.49. The Kier molecular flexibility index (Phi) is 5.54. The van der Waals surface area contributed by atoms with Gasteiger partial charge in [0.2, 0.25) is 0 Å². The van der Waals surface area contributed by atoms with E-state index < -0.39 is 0 Å². The van der Waals surface area contributed by atoms with E-state index >= 15 is 0 Å². The Morgan fingerprint density at radius 1 is 1.57 bits per heavy atom. The third-order valence-corrected chi connectivity index (χ3v) is 4.96. The highest BCUT2D eigenvalue weighted by Gasteiger charge is 2.43. The van der Waals surface area contributed by atoms with Gasteiger partial charge in [-0.1, -0.05) is 26.6 Å². The van der Waals surface area contributed by atoms with Crippen molar-refractivity contribution in [2.24, 2.45) is 11.1 Å². The van der Waals surface area contributed by atoms with Crippen molar-refractivity contribution in [3.8, 4) is 5.97 Å². The SMILES string of the molecule is CC1(C)CC(CCCNc2ccc(SN)cn2)CB1C#N. The number of nitrogens with zero attached hydrogens (tertiary/aromatic N) is 2. The summed E-state index contributed by atoms with van der Waals surface area (Å²) in [4.78, 5) is 5.28. The maximum atomic E-state index is 9.20. The van der Waals surface area contributed by atoms with Crippen molar-refractivity contribution in [1.82, 2.24) is 4.98 Å². The van der Waals surface area contributed by atoms with Gasteiger partial charge >= 0.3 is 0 Å². The molecule has 1 fully saturated rings. The summed E-state index contributed by atoms with van der Waals surface area (Å²) in [6, 6.07) is 3.93. The molecule has 1 aromatic heterocycles. The molecule has 3 N–H and O–H groups in total. The van der Waals surface area contributed by atoms with Crippen molar-refractivity contribution < 1.29 is 0 Å². The number of anilines is 1. The molecule has 21 heavy (non-hydrogen) atoms. The molecular weight excluding hydrogens is 279 g/mol. The number of nitrogens with one attached hydrogen (secondary N) is 1. The van der Waals surface area contributed by atoms with Crippen LogP contribution >= 0.6 is 11.9 Å². The van der Waals surface area contributed by atoms with Gasteiger partial charge in [0.25, 0.3) is 6.71 Å². The molecule has 2 rings (SSSR count). The number of pyridine rings is 1. The number of aromatic nitrogens is 1. The van der Waals surface area contributed by atoms with Crippen LogP contribution < -0.4 is 10.5 Å². The van der Waals surface area contributed by atoms with Crippen LogP contribution in [0.2, 0.25) is 11.6 Å². The molecule has 1 unspecified atom stereocenters. The van der Waals surface area contributed by atoms with E-state index in [9.17, 15) is 5.26 Å². The zero-order valence-corrected chi connectivity index (χ0v) is 13.6. The highest BCUT2D eigenvalue weighted by Crippen LogP contribution is 2.47. The van der Waals surface area contributed by atoms with E-state index in [1.807, 2.05) is 12.1 Å². The Labute approximate surface area is 132 Å². The van der Waals surface area contributed by atoms with Gasteiger partial charge in [-0.25, -0.2) is 10.2 Å². The standard InChI is InChI=1S/C15H23BN4S/c1-15(2)8-12(9-16(15)11-17)4-3-7-19-14-6-5-13(21-18)10-20-14/h5-6,10,12H,3-4,7-9,18H2,1-2H3,(H,19,20). The van der Waals surface area contributed by atoms with Crippen molar-refractivity contribution in [3.63, 3.8) is 0 Å². The van der Waals surface area contributed by atoms with Crippen LogP contribution in [0, 0.1) is 17.1 Å². The van der Waals surface area contributed by atoms with E-state index in [2.05, 4.69) is 30.1 Å². The summed E-state index contributed by atoms with van der Waals surface area (Å²) >= 11 is 1.21. The quantitative estimate of drug-likeness (QED) is 0.477. The number of hydrogen-bond donors (Lipinski definition) is 2. The number of rotatable bonds is 6. The normalized spacial score (nSPS) is 20.3. The maximum absolute atomic E-state index is 9.20. The molecule has 1 aliphatic heterocycles. The zero-order valence-electron chi connectivity index (χ0n) is 12.8. The van der Waals surface area contributed by atoms with Gasteiger partial charge in [0.15, 0.2) is 0 Å². The molecule has 112 valence electrons. The Hall–Kier alpha value is -1.19. The van der Waals surface area contributed by atoms with Gasteiger partial charge in [-0.2, -0.15) is 0 Å². The Bertz CT molecular complexity index is 497. The Morgan fingerprint density at radius 2 is 2.38 bits per heavy atom. The molecular formula is C15H23BN4S. The van der Waals surface area contributed by atoms with E-state index in [0.29, 0.717) is 5.92 Å². The van der Waals surface area contributed by atoms with Crippen LogP contribution in [0.3, 0.4) is 0 Å². The highest BCUT2D eigenvalue weighted by atomic mass is 32.2. The molecule has 1 saturated heterocycles. The second-order valence-electron chi connectivity index (χ2n) is 6.54. The predicted molar refractivity (Wildman–Crippen MR) is 90.3 cm³/mol. The molecule has 6 heteroatoms. The van der Waals surface area contributed by atoms with Crippen molar-refractivity contribution in [1.29, 1.82) is 5.26 Å². The van der Waals surface area contributed by atoms with Gasteiger partial charge in [-0.3, -0.25) is 5.14 Å². The molecule has 2 heterocycles. The molecule has 4 nitrogen and oxygen atoms in total. The van der Waals surface area contributed by atoms with Crippen LogP contribution in [0.5, 0.6) is 0 Å². The molecule has 0 radical (unpaired) electrons. The minimum absolute atomic E-state index is 0.185. The average molecular weight is 302 g/mol. The van der Waals surface area contributed by atoms with E-state index in [1.165, 1.54) is 24.8 Å². The second-order valence-corrected chi connectivity index (χ2v) is 7.25. The van der Waals surface area contributed by atoms with Crippen LogP contribution in [0.1, 0.15) is 33.1 Å². The maximum Gasteiger partial charge on any atom is 0.273 e. The average Bonchev–Trinajstić information content (AvgIpc) is 2.78. The largest absolute Gasteiger partial charge is 0.370 e. The molecule has 0 bridgehead atoms. The Balaban J connectivity index is 1.69. The molecule has 0 aromatic carbocycles. The minimum Gasteiger partial charge on any atom is -0.370 e. The molecule has 0 aliphatic carbocycles. The topological polar surface area (TPSA) is 74.7 Å². The first-order chi connectivity index (χ1) is 10.0. The molecule has 0 saturated carbocycles. The fourth-order valence-electron chi connectivity index (χ4n) is 3.23. The lowest BCUT2D eigenvalue weighted by Crippen LogP contribution is -2.19. The predicted octanol–water partition coefficient (Wildman–Crippen LogP) is 3.60. The van der Waals surface area contributed by atoms with Crippen molar-refractivity contribution in [2.45, 2.75) is 49.6 Å². The summed E-state index contributed by atoms with van der Waals surface area (Å²) in [6.07, 6.45) is 6.32. The fraction of sp³-hybridized carbons (Fsp3) is 0.600. The lowest BCUT2D eigenvalue weighted by molar-refractivity contribution is 0.457. The van der Waals surface area contributed by atoms with Crippen LogP contribution in [-0.4, -0.2) is 18.2 Å². The van der Waals surface area contributed by atoms with Crippen LogP contribution in [0.4, 0.5) is 5.82 Å². The number of hydrogen-bond acceptors (Lipinski definition) is 5. The summed E-state index contributed by atoms with van der Waals surface area (Å²) in [5.41, 5.74) is 0. The van der Waals surface area contributed by atoms with Gasteiger partial charge in [-0.15, -0.1) is 0 Å². The van der Waals surface area contributed by atoms with Gasteiger partial charge in [0.1, 0.15) is 5.82 Å². The summed E-state index contributed by atoms with van der Waals surface area (Å²) in [5, 5.41) is 18.2. The lowest BCUT2D eigenvalue weighted by atomic mass is 9.37. The smallest absolute Gasteiger partial charge is 0.273 e. The lowest BCUT2D eigenvalue weighted by Gasteiger charge is -2.19. The van der Waals surface area contributed by atoms with E-state index in [1.54, 1.807) is 6.20 Å². The van der Waals surface area contributed by atoms with Crippen molar-refractivity contribution in [2.75, 3.05) is 11.9 Å². The summed E-state index contributed by atoms with van der Waals surface area (Å²) < 4.78 is 0. The minimum atomic E-state index is 0.185. The highest BCUT2D eigenvalue weighted by molar-refractivity contribution is 7.97. The van der Waals surface area contributed by atoms with Gasteiger partial charge in [0.05, 0.1) is 0 Å².